The van der Waals surface area contributed by atoms with Gasteiger partial charge < -0.3 is 5.73 Å². The highest BCUT2D eigenvalue weighted by Gasteiger charge is 2.14. The Hall–Kier alpha value is -2.60. The molecule has 0 saturated carbocycles. The molecule has 0 amide bonds. The Labute approximate surface area is 119 Å². The molecule has 2 N–H and O–H groups in total. The number of nitrogens with zero attached hydrogens (tertiary/aromatic N) is 3. The maximum atomic E-state index is 14.0. The number of hydrogen-bond acceptors (Lipinski definition) is 4. The quantitative estimate of drug-likeness (QED) is 0.789. The molecular weight excluding hydrogens is 271 g/mol. The lowest BCUT2D eigenvalue weighted by atomic mass is 10.2. The van der Waals surface area contributed by atoms with Gasteiger partial charge in [0.15, 0.2) is 0 Å². The van der Waals surface area contributed by atoms with E-state index in [2.05, 4.69) is 9.97 Å². The molecule has 0 spiro atoms. The van der Waals surface area contributed by atoms with Crippen LogP contribution in [-0.4, -0.2) is 21.1 Å². The summed E-state index contributed by atoms with van der Waals surface area (Å²) in [6.45, 7) is 0.341. The molecule has 3 rings (SSSR count). The minimum absolute atomic E-state index is 0.0258. The fourth-order valence-electron chi connectivity index (χ4n) is 2.28. The molecule has 3 aromatic rings. The van der Waals surface area contributed by atoms with E-state index in [0.29, 0.717) is 30.0 Å². The van der Waals surface area contributed by atoms with Gasteiger partial charge in [0, 0.05) is 12.6 Å². The first-order chi connectivity index (χ1) is 10.2. The summed E-state index contributed by atoms with van der Waals surface area (Å²) in [5.41, 5.74) is 6.02. The van der Waals surface area contributed by atoms with Crippen LogP contribution in [0.3, 0.4) is 0 Å². The van der Waals surface area contributed by atoms with Gasteiger partial charge in [0.1, 0.15) is 17.0 Å². The van der Waals surface area contributed by atoms with Crippen LogP contribution < -0.4 is 11.3 Å². The highest BCUT2D eigenvalue weighted by molar-refractivity contribution is 5.78. The van der Waals surface area contributed by atoms with E-state index in [9.17, 15) is 9.18 Å². The van der Waals surface area contributed by atoms with Crippen molar-refractivity contribution in [1.82, 2.24) is 14.5 Å². The molecule has 2 aromatic heterocycles. The third-order valence-corrected chi connectivity index (χ3v) is 3.19. The monoisotopic (exact) mass is 284 g/mol. The Morgan fingerprint density at radius 2 is 2.10 bits per heavy atom. The Morgan fingerprint density at radius 3 is 2.81 bits per heavy atom. The molecule has 106 valence electrons. The number of aromatic nitrogens is 3. The topological polar surface area (TPSA) is 73.8 Å². The summed E-state index contributed by atoms with van der Waals surface area (Å²) in [5, 5.41) is -0.0258. The van der Waals surface area contributed by atoms with Gasteiger partial charge in [0.2, 0.25) is 0 Å². The van der Waals surface area contributed by atoms with Crippen molar-refractivity contribution >= 4 is 10.9 Å². The predicted molar refractivity (Wildman–Crippen MR) is 77.9 cm³/mol. The average Bonchev–Trinajstić information content (AvgIpc) is 2.48. The number of halogens is 1. The second-order valence-electron chi connectivity index (χ2n) is 4.55. The molecule has 0 fully saturated rings. The molecule has 21 heavy (non-hydrogen) atoms. The van der Waals surface area contributed by atoms with Gasteiger partial charge in [-0.3, -0.25) is 14.3 Å². The maximum Gasteiger partial charge on any atom is 0.269 e. The van der Waals surface area contributed by atoms with Crippen LogP contribution in [0, 0.1) is 5.82 Å². The third-order valence-electron chi connectivity index (χ3n) is 3.19. The van der Waals surface area contributed by atoms with Gasteiger partial charge in [0.25, 0.3) is 5.56 Å². The molecule has 6 heteroatoms. The van der Waals surface area contributed by atoms with Gasteiger partial charge in [-0.05, 0) is 30.8 Å². The molecule has 0 bridgehead atoms. The summed E-state index contributed by atoms with van der Waals surface area (Å²) in [7, 11) is 0. The van der Waals surface area contributed by atoms with Crippen molar-refractivity contribution in [1.29, 1.82) is 0 Å². The Morgan fingerprint density at radius 1 is 1.24 bits per heavy atom. The molecule has 0 aliphatic rings. The van der Waals surface area contributed by atoms with Crippen LogP contribution in [0.15, 0.2) is 47.5 Å². The zero-order valence-corrected chi connectivity index (χ0v) is 11.2. The standard InChI is InChI=1S/C15H13FN4O/c16-11-4-1-5-12-14(11)15(21)20(13(19-12)6-7-17)10-3-2-8-18-9-10/h1-5,8-9H,6-7,17H2. The van der Waals surface area contributed by atoms with Crippen molar-refractivity contribution in [2.45, 2.75) is 6.42 Å². The molecule has 0 aliphatic carbocycles. The summed E-state index contributed by atoms with van der Waals surface area (Å²) in [6, 6.07) is 7.84. The van der Waals surface area contributed by atoms with Crippen molar-refractivity contribution in [2.75, 3.05) is 6.54 Å². The van der Waals surface area contributed by atoms with Gasteiger partial charge in [-0.1, -0.05) is 6.07 Å². The first-order valence-electron chi connectivity index (χ1n) is 6.53. The molecule has 2 heterocycles. The van der Waals surface area contributed by atoms with Crippen LogP contribution >= 0.6 is 0 Å². The van der Waals surface area contributed by atoms with Gasteiger partial charge in [-0.25, -0.2) is 9.37 Å². The molecule has 5 nitrogen and oxygen atoms in total. The van der Waals surface area contributed by atoms with E-state index < -0.39 is 11.4 Å². The van der Waals surface area contributed by atoms with E-state index in [-0.39, 0.29) is 5.39 Å². The fourth-order valence-corrected chi connectivity index (χ4v) is 2.28. The summed E-state index contributed by atoms with van der Waals surface area (Å²) >= 11 is 0. The van der Waals surface area contributed by atoms with Crippen LogP contribution in [0.25, 0.3) is 16.6 Å². The highest BCUT2D eigenvalue weighted by Crippen LogP contribution is 2.15. The lowest BCUT2D eigenvalue weighted by molar-refractivity contribution is 0.636. The van der Waals surface area contributed by atoms with E-state index in [0.717, 1.165) is 0 Å². The maximum absolute atomic E-state index is 14.0. The summed E-state index contributed by atoms with van der Waals surface area (Å²) < 4.78 is 15.3. The Balaban J connectivity index is 2.41. The van der Waals surface area contributed by atoms with E-state index in [1.165, 1.54) is 22.9 Å². The number of benzene rings is 1. The van der Waals surface area contributed by atoms with Crippen molar-refractivity contribution < 1.29 is 4.39 Å². The van der Waals surface area contributed by atoms with Crippen molar-refractivity contribution in [2.24, 2.45) is 5.73 Å². The van der Waals surface area contributed by atoms with Crippen LogP contribution in [-0.2, 0) is 6.42 Å². The van der Waals surface area contributed by atoms with Gasteiger partial charge in [0.05, 0.1) is 17.4 Å². The first-order valence-corrected chi connectivity index (χ1v) is 6.53. The summed E-state index contributed by atoms with van der Waals surface area (Å²) in [5.74, 6) is -0.0875. The molecule has 0 radical (unpaired) electrons. The minimum atomic E-state index is -0.582. The first kappa shape index (κ1) is 13.4. The van der Waals surface area contributed by atoms with Crippen molar-refractivity contribution in [3.8, 4) is 5.69 Å². The summed E-state index contributed by atoms with van der Waals surface area (Å²) in [4.78, 5) is 21.0. The SMILES string of the molecule is NCCc1nc2cccc(F)c2c(=O)n1-c1cccnc1. The number of rotatable bonds is 3. The minimum Gasteiger partial charge on any atom is -0.330 e. The van der Waals surface area contributed by atoms with Crippen LogP contribution in [0.5, 0.6) is 0 Å². The van der Waals surface area contributed by atoms with Crippen molar-refractivity contribution in [3.05, 3.63) is 64.7 Å². The lowest BCUT2D eigenvalue weighted by Crippen LogP contribution is -2.26. The van der Waals surface area contributed by atoms with E-state index in [1.807, 2.05) is 0 Å². The Bertz CT molecular complexity index is 845. The van der Waals surface area contributed by atoms with E-state index in [4.69, 9.17) is 5.73 Å². The van der Waals surface area contributed by atoms with Crippen LogP contribution in [0.1, 0.15) is 5.82 Å². The molecular formula is C15H13FN4O. The normalized spacial score (nSPS) is 11.0. The number of hydrogen-bond donors (Lipinski definition) is 1. The van der Waals surface area contributed by atoms with Gasteiger partial charge in [-0.2, -0.15) is 0 Å². The second kappa shape index (κ2) is 5.41. The smallest absolute Gasteiger partial charge is 0.269 e. The number of pyridine rings is 1. The Kier molecular flexibility index (Phi) is 3.45. The summed E-state index contributed by atoms with van der Waals surface area (Å²) in [6.07, 6.45) is 3.55. The number of fused-ring (bicyclic) bond motifs is 1. The zero-order valence-electron chi connectivity index (χ0n) is 11.2. The zero-order chi connectivity index (χ0) is 14.8. The molecule has 0 saturated heterocycles. The highest BCUT2D eigenvalue weighted by atomic mass is 19.1. The van der Waals surface area contributed by atoms with E-state index >= 15 is 0 Å². The second-order valence-corrected chi connectivity index (χ2v) is 4.55. The van der Waals surface area contributed by atoms with Gasteiger partial charge in [-0.15, -0.1) is 0 Å². The van der Waals surface area contributed by atoms with Crippen LogP contribution in [0.2, 0.25) is 0 Å². The van der Waals surface area contributed by atoms with Gasteiger partial charge >= 0.3 is 0 Å². The number of nitrogens with two attached hydrogens (primary N) is 1. The molecule has 0 atom stereocenters. The molecule has 1 aromatic carbocycles. The third kappa shape index (κ3) is 2.30. The average molecular weight is 284 g/mol. The van der Waals surface area contributed by atoms with E-state index in [1.54, 1.807) is 24.4 Å². The molecule has 0 unspecified atom stereocenters. The van der Waals surface area contributed by atoms with Crippen molar-refractivity contribution in [3.63, 3.8) is 0 Å². The van der Waals surface area contributed by atoms with Crippen LogP contribution in [0.4, 0.5) is 4.39 Å². The fraction of sp³-hybridized carbons (Fsp3) is 0.133. The lowest BCUT2D eigenvalue weighted by Gasteiger charge is -2.12. The molecule has 0 aliphatic heterocycles. The predicted octanol–water partition coefficient (Wildman–Crippen LogP) is 1.42. The largest absolute Gasteiger partial charge is 0.330 e.